The molecule has 6 amide bonds. The first-order valence-electron chi connectivity index (χ1n) is 37.6. The normalized spacial score (nSPS) is 11.3. The zero-order chi connectivity index (χ0) is 86.2. The van der Waals surface area contributed by atoms with E-state index in [-0.39, 0.29) is 96.4 Å². The quantitative estimate of drug-likeness (QED) is 0.0367. The standard InChI is InChI=1S/C16H23NO3.C16H25NO3.C14H19ClFNO.3C14H19F2NO/c1-6-16(2,3)15(19)17(4)11-12-8-7-9-13(10-12)14(18)20-5;1-5-16(2,3)15(19)17(4)12-13-6-8-14(9-7-13)20-11-10-18;1-5-14(2,3)13(18)17(4)9-10-6-7-11(15)8-12(10)16;1-5-14(2,3)13(18)17(4)9-10-6-11(15)8-12(16)7-10;1-5-14(2,3)13(18)17(4)9-10-8-11(15)6-7-12(10)16;1-5-14(2,3)13(18)17(4)9-10-6-7-11(15)8-12(10)16/h7-10H,6,11H2,1-5H3;6-9,18H,5,10-12H2,1-4H3;4*6-8H,5,9H2,1-4H3. The van der Waals surface area contributed by atoms with Gasteiger partial charge in [0.1, 0.15) is 53.1 Å². The van der Waals surface area contributed by atoms with Crippen molar-refractivity contribution in [2.45, 2.75) is 202 Å². The number of aliphatic hydroxyl groups is 1. The molecule has 0 unspecified atom stereocenters. The molecule has 0 bridgehead atoms. The molecule has 0 saturated carbocycles. The first kappa shape index (κ1) is 101. The highest BCUT2D eigenvalue weighted by Gasteiger charge is 2.34. The highest BCUT2D eigenvalue weighted by molar-refractivity contribution is 6.30. The molecule has 0 atom stereocenters. The second-order valence-electron chi connectivity index (χ2n) is 31.8. The lowest BCUT2D eigenvalue weighted by atomic mass is 9.88. The van der Waals surface area contributed by atoms with Gasteiger partial charge in [-0.1, -0.05) is 173 Å². The Hall–Kier alpha value is -8.83. The van der Waals surface area contributed by atoms with E-state index in [0.29, 0.717) is 66.2 Å². The second kappa shape index (κ2) is 46.4. The lowest BCUT2D eigenvalue weighted by Crippen LogP contribution is -2.37. The van der Waals surface area contributed by atoms with Gasteiger partial charge in [0, 0.05) is 148 Å². The van der Waals surface area contributed by atoms with Gasteiger partial charge in [0.2, 0.25) is 35.4 Å². The van der Waals surface area contributed by atoms with Gasteiger partial charge in [0.05, 0.1) is 19.3 Å². The molecular weight excluding hydrogens is 1470 g/mol. The SMILES string of the molecule is CCC(C)(C)C(=O)N(C)Cc1cc(F)cc(F)c1.CCC(C)(C)C(=O)N(C)Cc1cc(F)ccc1F.CCC(C)(C)C(=O)N(C)Cc1ccc(Cl)cc1F.CCC(C)(C)C(=O)N(C)Cc1ccc(F)cc1F.CCC(C)(C)C(=O)N(C)Cc1ccc(OCCO)cc1.CCC(C)(C)C(=O)N(C)Cc1cccc(C(=O)OC)c1. The Kier molecular flexibility index (Phi) is 41.9. The predicted molar refractivity (Wildman–Crippen MR) is 431 cm³/mol. The molecule has 16 nitrogen and oxygen atoms in total. The molecule has 0 saturated heterocycles. The number of carbonyl (C=O) groups excluding carboxylic acids is 7. The topological polar surface area (TPSA) is 178 Å². The summed E-state index contributed by atoms with van der Waals surface area (Å²) in [6.45, 7) is 36.6. The number of ether oxygens (including phenoxy) is 2. The van der Waals surface area contributed by atoms with E-state index >= 15 is 0 Å². The molecule has 1 N–H and O–H groups in total. The lowest BCUT2D eigenvalue weighted by molar-refractivity contribution is -0.140. The number of esters is 1. The number of hydrogen-bond acceptors (Lipinski definition) is 10. The van der Waals surface area contributed by atoms with Crippen molar-refractivity contribution in [1.82, 2.24) is 29.4 Å². The third-order valence-corrected chi connectivity index (χ3v) is 20.2. The van der Waals surface area contributed by atoms with Crippen LogP contribution in [-0.2, 0) is 72.8 Å². The number of rotatable bonds is 28. The van der Waals surface area contributed by atoms with Crippen LogP contribution in [0.5, 0.6) is 5.75 Å². The maximum Gasteiger partial charge on any atom is 0.337 e. The molecule has 0 radical (unpaired) electrons. The fraction of sp³-hybridized carbons (Fsp3) is 0.511. The molecule has 24 heteroatoms. The number of hydrogen-bond donors (Lipinski definition) is 1. The van der Waals surface area contributed by atoms with Crippen LogP contribution in [0.15, 0.2) is 121 Å². The first-order chi connectivity index (χ1) is 51.8. The minimum absolute atomic E-state index is 0.00505. The largest absolute Gasteiger partial charge is 0.491 e. The summed E-state index contributed by atoms with van der Waals surface area (Å²) < 4.78 is 102. The van der Waals surface area contributed by atoms with Crippen LogP contribution >= 0.6 is 11.6 Å². The Bertz CT molecular complexity index is 3920. The molecule has 622 valence electrons. The van der Waals surface area contributed by atoms with Gasteiger partial charge < -0.3 is 44.0 Å². The number of carbonyl (C=O) groups is 7. The van der Waals surface area contributed by atoms with Crippen LogP contribution in [0.25, 0.3) is 0 Å². The molecule has 0 spiro atoms. The van der Waals surface area contributed by atoms with E-state index in [1.54, 1.807) is 80.3 Å². The summed E-state index contributed by atoms with van der Waals surface area (Å²) in [5, 5.41) is 9.05. The van der Waals surface area contributed by atoms with E-state index in [9.17, 15) is 64.3 Å². The zero-order valence-corrected chi connectivity index (χ0v) is 71.5. The van der Waals surface area contributed by atoms with Crippen molar-refractivity contribution < 1.29 is 78.9 Å². The summed E-state index contributed by atoms with van der Waals surface area (Å²) >= 11 is 5.69. The number of methoxy groups -OCH3 is 1. The van der Waals surface area contributed by atoms with E-state index in [2.05, 4.69) is 0 Å². The van der Waals surface area contributed by atoms with E-state index in [1.165, 1.54) is 52.1 Å². The average molecular weight is 1590 g/mol. The molecule has 0 aliphatic heterocycles. The average Bonchev–Trinajstić information content (AvgIpc) is 0.868. The van der Waals surface area contributed by atoms with Crippen LogP contribution in [-0.4, -0.2) is 139 Å². The van der Waals surface area contributed by atoms with Gasteiger partial charge in [0.15, 0.2) is 0 Å². The lowest BCUT2D eigenvalue weighted by Gasteiger charge is -2.28. The monoisotopic (exact) mass is 1590 g/mol. The summed E-state index contributed by atoms with van der Waals surface area (Å²) in [4.78, 5) is 94.0. The van der Waals surface area contributed by atoms with Crippen molar-refractivity contribution in [2.24, 2.45) is 32.5 Å². The molecular formula is C88H124ClF7N6O10. The van der Waals surface area contributed by atoms with Crippen molar-refractivity contribution in [1.29, 1.82) is 0 Å². The third kappa shape index (κ3) is 33.5. The van der Waals surface area contributed by atoms with Crippen LogP contribution in [0.3, 0.4) is 0 Å². The van der Waals surface area contributed by atoms with Gasteiger partial charge in [-0.05, 0) is 128 Å². The summed E-state index contributed by atoms with van der Waals surface area (Å²) in [7, 11) is 11.5. The van der Waals surface area contributed by atoms with Gasteiger partial charge in [-0.15, -0.1) is 0 Å². The van der Waals surface area contributed by atoms with E-state index < -0.39 is 56.6 Å². The van der Waals surface area contributed by atoms with Crippen LogP contribution in [0, 0.1) is 73.2 Å². The molecule has 6 rings (SSSR count). The number of amides is 6. The number of aliphatic hydroxyl groups excluding tert-OH is 1. The Labute approximate surface area is 667 Å². The first-order valence-corrected chi connectivity index (χ1v) is 38.0. The highest BCUT2D eigenvalue weighted by atomic mass is 35.5. The van der Waals surface area contributed by atoms with Gasteiger partial charge in [-0.25, -0.2) is 35.5 Å². The molecule has 0 heterocycles. The van der Waals surface area contributed by atoms with Gasteiger partial charge in [0.25, 0.3) is 0 Å². The summed E-state index contributed by atoms with van der Waals surface area (Å²) in [5.41, 5.74) is 1.39. The van der Waals surface area contributed by atoms with Crippen LogP contribution < -0.4 is 4.74 Å². The summed E-state index contributed by atoms with van der Waals surface area (Å²) in [6.07, 6.45) is 4.49. The summed E-state index contributed by atoms with van der Waals surface area (Å²) in [6, 6.07) is 29.2. The Morgan fingerprint density at radius 3 is 1.06 bits per heavy atom. The fourth-order valence-corrected chi connectivity index (χ4v) is 10.6. The smallest absolute Gasteiger partial charge is 0.337 e. The van der Waals surface area contributed by atoms with Crippen LogP contribution in [0.1, 0.15) is 207 Å². The van der Waals surface area contributed by atoms with Gasteiger partial charge in [-0.2, -0.15) is 0 Å². The predicted octanol–water partition coefficient (Wildman–Crippen LogP) is 19.3. The van der Waals surface area contributed by atoms with Crippen LogP contribution in [0.2, 0.25) is 5.02 Å². The Balaban J connectivity index is 0.000000672. The molecule has 0 aromatic heterocycles. The van der Waals surface area contributed by atoms with Crippen molar-refractivity contribution in [3.8, 4) is 5.75 Å². The minimum atomic E-state index is -0.624. The molecule has 0 aliphatic rings. The van der Waals surface area contributed by atoms with Crippen molar-refractivity contribution in [2.75, 3.05) is 62.6 Å². The molecule has 112 heavy (non-hydrogen) atoms. The Morgan fingerprint density at radius 1 is 0.357 bits per heavy atom. The number of benzene rings is 6. The molecule has 0 aliphatic carbocycles. The van der Waals surface area contributed by atoms with E-state index in [4.69, 9.17) is 26.2 Å². The summed E-state index contributed by atoms with van der Waals surface area (Å²) in [5.74, 6) is -3.38. The third-order valence-electron chi connectivity index (χ3n) is 19.9. The van der Waals surface area contributed by atoms with E-state index in [0.717, 1.165) is 66.5 Å². The highest BCUT2D eigenvalue weighted by Crippen LogP contribution is 2.30. The maximum absolute atomic E-state index is 13.6. The molecule has 6 aromatic rings. The van der Waals surface area contributed by atoms with Crippen molar-refractivity contribution in [3.05, 3.63) is 206 Å². The van der Waals surface area contributed by atoms with E-state index in [1.807, 2.05) is 162 Å². The maximum atomic E-state index is 13.6. The molecule has 6 aromatic carbocycles. The zero-order valence-electron chi connectivity index (χ0n) is 70.8. The minimum Gasteiger partial charge on any atom is -0.491 e. The Morgan fingerprint density at radius 2 is 0.696 bits per heavy atom. The number of halogens is 8. The van der Waals surface area contributed by atoms with Crippen LogP contribution in [0.4, 0.5) is 30.7 Å². The van der Waals surface area contributed by atoms with Crippen molar-refractivity contribution >= 4 is 53.0 Å². The van der Waals surface area contributed by atoms with Gasteiger partial charge >= 0.3 is 5.97 Å². The second-order valence-corrected chi connectivity index (χ2v) is 32.2. The molecule has 0 fully saturated rings. The van der Waals surface area contributed by atoms with Crippen molar-refractivity contribution in [3.63, 3.8) is 0 Å². The fourth-order valence-electron chi connectivity index (χ4n) is 10.5. The number of nitrogens with zero attached hydrogens (tertiary/aromatic N) is 6. The van der Waals surface area contributed by atoms with Gasteiger partial charge in [-0.3, -0.25) is 28.8 Å².